The standard InChI is InChI=1S/C17H22N2O/c1-14(8-10-20)12-18-13-15-5-4-6-16(11-15)17-7-2-3-9-19-17/h2-7,9,11,14,18,20H,8,10,12-13H2,1H3. The molecule has 0 bridgehead atoms. The van der Waals surface area contributed by atoms with Gasteiger partial charge < -0.3 is 10.4 Å². The Bertz CT molecular complexity index is 513. The number of aliphatic hydroxyl groups excluding tert-OH is 1. The van der Waals surface area contributed by atoms with Crippen LogP contribution in [0.2, 0.25) is 0 Å². The van der Waals surface area contributed by atoms with Gasteiger partial charge in [0.2, 0.25) is 0 Å². The molecule has 2 aromatic rings. The number of aliphatic hydroxyl groups is 1. The summed E-state index contributed by atoms with van der Waals surface area (Å²) in [6.45, 7) is 4.18. The van der Waals surface area contributed by atoms with Crippen molar-refractivity contribution in [2.75, 3.05) is 13.2 Å². The Kier molecular flexibility index (Phi) is 5.71. The monoisotopic (exact) mass is 270 g/mol. The molecular formula is C17H22N2O. The van der Waals surface area contributed by atoms with Crippen molar-refractivity contribution in [2.24, 2.45) is 5.92 Å². The van der Waals surface area contributed by atoms with E-state index in [-0.39, 0.29) is 6.61 Å². The molecule has 0 fully saturated rings. The third-order valence-corrected chi connectivity index (χ3v) is 3.33. The summed E-state index contributed by atoms with van der Waals surface area (Å²) >= 11 is 0. The van der Waals surface area contributed by atoms with Gasteiger partial charge in [0, 0.05) is 24.9 Å². The van der Waals surface area contributed by atoms with Crippen LogP contribution in [0.1, 0.15) is 18.9 Å². The topological polar surface area (TPSA) is 45.1 Å². The van der Waals surface area contributed by atoms with Crippen molar-refractivity contribution in [3.05, 3.63) is 54.2 Å². The van der Waals surface area contributed by atoms with Crippen LogP contribution in [0.4, 0.5) is 0 Å². The van der Waals surface area contributed by atoms with Crippen molar-refractivity contribution < 1.29 is 5.11 Å². The van der Waals surface area contributed by atoms with Crippen molar-refractivity contribution >= 4 is 0 Å². The Balaban J connectivity index is 1.93. The summed E-state index contributed by atoms with van der Waals surface area (Å²) in [6.07, 6.45) is 2.66. The van der Waals surface area contributed by atoms with E-state index in [0.717, 1.165) is 30.8 Å². The molecule has 1 unspecified atom stereocenters. The predicted octanol–water partition coefficient (Wildman–Crippen LogP) is 2.86. The molecule has 0 radical (unpaired) electrons. The van der Waals surface area contributed by atoms with Crippen molar-refractivity contribution in [1.29, 1.82) is 0 Å². The van der Waals surface area contributed by atoms with E-state index in [0.29, 0.717) is 5.92 Å². The van der Waals surface area contributed by atoms with Gasteiger partial charge >= 0.3 is 0 Å². The maximum absolute atomic E-state index is 8.88. The molecule has 0 aliphatic heterocycles. The molecule has 0 aliphatic rings. The third-order valence-electron chi connectivity index (χ3n) is 3.33. The van der Waals surface area contributed by atoms with Gasteiger partial charge in [0.1, 0.15) is 0 Å². The number of nitrogens with zero attached hydrogens (tertiary/aromatic N) is 1. The van der Waals surface area contributed by atoms with E-state index in [4.69, 9.17) is 5.11 Å². The normalized spacial score (nSPS) is 12.3. The maximum Gasteiger partial charge on any atom is 0.0702 e. The second-order valence-electron chi connectivity index (χ2n) is 5.16. The van der Waals surface area contributed by atoms with E-state index in [1.165, 1.54) is 5.56 Å². The highest BCUT2D eigenvalue weighted by atomic mass is 16.3. The molecule has 0 aliphatic carbocycles. The lowest BCUT2D eigenvalue weighted by atomic mass is 10.1. The van der Waals surface area contributed by atoms with Crippen LogP contribution < -0.4 is 5.32 Å². The quantitative estimate of drug-likeness (QED) is 0.813. The first kappa shape index (κ1) is 14.7. The first-order valence-electron chi connectivity index (χ1n) is 7.11. The summed E-state index contributed by atoms with van der Waals surface area (Å²) < 4.78 is 0. The zero-order chi connectivity index (χ0) is 14.2. The summed E-state index contributed by atoms with van der Waals surface area (Å²) in [7, 11) is 0. The molecule has 0 saturated heterocycles. The molecule has 1 aromatic heterocycles. The summed E-state index contributed by atoms with van der Waals surface area (Å²) in [4.78, 5) is 4.37. The molecular weight excluding hydrogens is 248 g/mol. The second-order valence-corrected chi connectivity index (χ2v) is 5.16. The molecule has 1 aromatic carbocycles. The molecule has 106 valence electrons. The highest BCUT2D eigenvalue weighted by molar-refractivity contribution is 5.59. The van der Waals surface area contributed by atoms with E-state index in [1.807, 2.05) is 24.4 Å². The van der Waals surface area contributed by atoms with Gasteiger partial charge in [-0.25, -0.2) is 0 Å². The van der Waals surface area contributed by atoms with Gasteiger partial charge in [0.25, 0.3) is 0 Å². The van der Waals surface area contributed by atoms with Crippen LogP contribution in [0, 0.1) is 5.92 Å². The summed E-state index contributed by atoms with van der Waals surface area (Å²) in [5.41, 5.74) is 3.40. The summed E-state index contributed by atoms with van der Waals surface area (Å²) in [6, 6.07) is 14.4. The van der Waals surface area contributed by atoms with Gasteiger partial charge in [-0.1, -0.05) is 31.2 Å². The lowest BCUT2D eigenvalue weighted by Gasteiger charge is -2.11. The fourth-order valence-corrected chi connectivity index (χ4v) is 2.16. The van der Waals surface area contributed by atoms with Gasteiger partial charge in [-0.15, -0.1) is 0 Å². The van der Waals surface area contributed by atoms with Crippen LogP contribution >= 0.6 is 0 Å². The van der Waals surface area contributed by atoms with Crippen LogP contribution in [0.5, 0.6) is 0 Å². The molecule has 2 rings (SSSR count). The van der Waals surface area contributed by atoms with E-state index in [1.54, 1.807) is 0 Å². The summed E-state index contributed by atoms with van der Waals surface area (Å²) in [5.74, 6) is 0.499. The van der Waals surface area contributed by atoms with E-state index >= 15 is 0 Å². The van der Waals surface area contributed by atoms with E-state index < -0.39 is 0 Å². The van der Waals surface area contributed by atoms with E-state index in [2.05, 4.69) is 41.5 Å². The Labute approximate surface area is 120 Å². The molecule has 0 saturated carbocycles. The number of aromatic nitrogens is 1. The van der Waals surface area contributed by atoms with Crippen molar-refractivity contribution in [3.8, 4) is 11.3 Å². The van der Waals surface area contributed by atoms with E-state index in [9.17, 15) is 0 Å². The Morgan fingerprint density at radius 2 is 2.10 bits per heavy atom. The van der Waals surface area contributed by atoms with Gasteiger partial charge in [-0.2, -0.15) is 0 Å². The third kappa shape index (κ3) is 4.44. The van der Waals surface area contributed by atoms with Crippen molar-refractivity contribution in [3.63, 3.8) is 0 Å². The molecule has 3 heteroatoms. The van der Waals surface area contributed by atoms with Crippen LogP contribution in [0.15, 0.2) is 48.7 Å². The Hall–Kier alpha value is -1.71. The van der Waals surface area contributed by atoms with Crippen LogP contribution in [-0.2, 0) is 6.54 Å². The first-order chi connectivity index (χ1) is 9.79. The Morgan fingerprint density at radius 3 is 2.85 bits per heavy atom. The minimum Gasteiger partial charge on any atom is -0.396 e. The molecule has 1 atom stereocenters. The number of benzene rings is 1. The zero-order valence-corrected chi connectivity index (χ0v) is 11.9. The molecule has 2 N–H and O–H groups in total. The highest BCUT2D eigenvalue weighted by Crippen LogP contribution is 2.17. The number of hydrogen-bond acceptors (Lipinski definition) is 3. The maximum atomic E-state index is 8.88. The van der Waals surface area contributed by atoms with Gasteiger partial charge in [-0.05, 0) is 42.6 Å². The minimum atomic E-state index is 0.262. The van der Waals surface area contributed by atoms with Gasteiger partial charge in [0.05, 0.1) is 5.69 Å². The lowest BCUT2D eigenvalue weighted by Crippen LogP contribution is -2.21. The molecule has 1 heterocycles. The first-order valence-corrected chi connectivity index (χ1v) is 7.11. The average molecular weight is 270 g/mol. The van der Waals surface area contributed by atoms with Crippen LogP contribution in [-0.4, -0.2) is 23.2 Å². The van der Waals surface area contributed by atoms with Crippen LogP contribution in [0.3, 0.4) is 0 Å². The minimum absolute atomic E-state index is 0.262. The zero-order valence-electron chi connectivity index (χ0n) is 11.9. The summed E-state index contributed by atoms with van der Waals surface area (Å²) in [5, 5.41) is 12.3. The molecule has 0 amide bonds. The van der Waals surface area contributed by atoms with Crippen molar-refractivity contribution in [2.45, 2.75) is 19.9 Å². The molecule has 0 spiro atoms. The smallest absolute Gasteiger partial charge is 0.0702 e. The fourth-order valence-electron chi connectivity index (χ4n) is 2.16. The Morgan fingerprint density at radius 1 is 1.20 bits per heavy atom. The average Bonchev–Trinajstić information content (AvgIpc) is 2.49. The fraction of sp³-hybridized carbons (Fsp3) is 0.353. The number of hydrogen-bond donors (Lipinski definition) is 2. The largest absolute Gasteiger partial charge is 0.396 e. The lowest BCUT2D eigenvalue weighted by molar-refractivity contribution is 0.260. The van der Waals surface area contributed by atoms with Gasteiger partial charge in [0.15, 0.2) is 0 Å². The molecule has 20 heavy (non-hydrogen) atoms. The number of pyridine rings is 1. The van der Waals surface area contributed by atoms with Gasteiger partial charge in [-0.3, -0.25) is 4.98 Å². The van der Waals surface area contributed by atoms with Crippen LogP contribution in [0.25, 0.3) is 11.3 Å². The second kappa shape index (κ2) is 7.78. The molecule has 3 nitrogen and oxygen atoms in total. The van der Waals surface area contributed by atoms with Crippen molar-refractivity contribution in [1.82, 2.24) is 10.3 Å². The predicted molar refractivity (Wildman–Crippen MR) is 82.2 cm³/mol. The number of rotatable bonds is 7. The number of nitrogens with one attached hydrogen (secondary N) is 1. The highest BCUT2D eigenvalue weighted by Gasteiger charge is 2.02. The SMILES string of the molecule is CC(CCO)CNCc1cccc(-c2ccccn2)c1.